The van der Waals surface area contributed by atoms with Crippen molar-refractivity contribution in [3.63, 3.8) is 0 Å². The first-order valence-electron chi connectivity index (χ1n) is 8.69. The minimum Gasteiger partial charge on any atom is -0.465 e. The molecule has 1 aliphatic heterocycles. The molecular formula is C18H34O4. The van der Waals surface area contributed by atoms with Crippen LogP contribution in [0.25, 0.3) is 0 Å². The zero-order chi connectivity index (χ0) is 16.7. The number of carbonyl (C=O) groups is 1. The Labute approximate surface area is 135 Å². The number of carbonyl (C=O) groups excluding carboxylic acids is 1. The molecule has 5 atom stereocenters. The average Bonchev–Trinajstić information content (AvgIpc) is 2.50. The van der Waals surface area contributed by atoms with Crippen molar-refractivity contribution in [3.05, 3.63) is 0 Å². The maximum Gasteiger partial charge on any atom is 0.309 e. The van der Waals surface area contributed by atoms with Crippen molar-refractivity contribution in [3.8, 4) is 0 Å². The number of rotatable bonds is 8. The summed E-state index contributed by atoms with van der Waals surface area (Å²) in [4.78, 5) is 12.5. The lowest BCUT2D eigenvalue weighted by atomic mass is 9.84. The summed E-state index contributed by atoms with van der Waals surface area (Å²) in [6.07, 6.45) is 2.99. The molecule has 1 rings (SSSR count). The maximum absolute atomic E-state index is 12.5. The third-order valence-corrected chi connectivity index (χ3v) is 5.00. The first-order valence-corrected chi connectivity index (χ1v) is 8.69. The Morgan fingerprint density at radius 1 is 1.32 bits per heavy atom. The van der Waals surface area contributed by atoms with Gasteiger partial charge in [-0.3, -0.25) is 4.79 Å². The third kappa shape index (κ3) is 5.88. The van der Waals surface area contributed by atoms with Crippen molar-refractivity contribution in [1.29, 1.82) is 0 Å². The number of hydrogen-bond acceptors (Lipinski definition) is 4. The molecule has 130 valence electrons. The van der Waals surface area contributed by atoms with E-state index in [1.54, 1.807) is 7.11 Å². The van der Waals surface area contributed by atoms with E-state index in [4.69, 9.17) is 14.2 Å². The Bertz CT molecular complexity index is 329. The van der Waals surface area contributed by atoms with Gasteiger partial charge in [-0.05, 0) is 44.4 Å². The highest BCUT2D eigenvalue weighted by Crippen LogP contribution is 2.29. The van der Waals surface area contributed by atoms with E-state index in [1.807, 2.05) is 6.92 Å². The molecule has 4 nitrogen and oxygen atoms in total. The molecule has 0 spiro atoms. The van der Waals surface area contributed by atoms with Crippen LogP contribution < -0.4 is 0 Å². The molecule has 0 aromatic heterocycles. The van der Waals surface area contributed by atoms with Crippen LogP contribution in [0.1, 0.15) is 53.9 Å². The zero-order valence-electron chi connectivity index (χ0n) is 15.1. The van der Waals surface area contributed by atoms with Crippen LogP contribution >= 0.6 is 0 Å². The smallest absolute Gasteiger partial charge is 0.309 e. The van der Waals surface area contributed by atoms with Crippen LogP contribution in [0.3, 0.4) is 0 Å². The van der Waals surface area contributed by atoms with E-state index in [0.717, 1.165) is 19.3 Å². The van der Waals surface area contributed by atoms with Gasteiger partial charge in [0.05, 0.1) is 31.3 Å². The molecule has 0 aliphatic carbocycles. The Morgan fingerprint density at radius 3 is 2.55 bits per heavy atom. The first kappa shape index (κ1) is 19.4. The fraction of sp³-hybridized carbons (Fsp3) is 0.944. The van der Waals surface area contributed by atoms with Crippen molar-refractivity contribution < 1.29 is 19.0 Å². The fourth-order valence-electron chi connectivity index (χ4n) is 3.06. The topological polar surface area (TPSA) is 44.8 Å². The van der Waals surface area contributed by atoms with Gasteiger partial charge in [0, 0.05) is 7.11 Å². The Kier molecular flexibility index (Phi) is 8.40. The van der Waals surface area contributed by atoms with Crippen molar-refractivity contribution in [2.75, 3.05) is 20.3 Å². The SMILES string of the molecule is CCC1COC(C)CC1C(=O)OCC(CC(C)OC)C(C)C. The van der Waals surface area contributed by atoms with Crippen molar-refractivity contribution in [1.82, 2.24) is 0 Å². The molecule has 1 heterocycles. The number of methoxy groups -OCH3 is 1. The van der Waals surface area contributed by atoms with Crippen molar-refractivity contribution in [2.24, 2.45) is 23.7 Å². The van der Waals surface area contributed by atoms with Gasteiger partial charge < -0.3 is 14.2 Å². The second-order valence-corrected chi connectivity index (χ2v) is 7.07. The van der Waals surface area contributed by atoms with E-state index in [9.17, 15) is 4.79 Å². The molecule has 0 radical (unpaired) electrons. The van der Waals surface area contributed by atoms with Crippen LogP contribution in [0.15, 0.2) is 0 Å². The molecule has 4 heteroatoms. The lowest BCUT2D eigenvalue weighted by Crippen LogP contribution is -2.38. The van der Waals surface area contributed by atoms with E-state index in [1.165, 1.54) is 0 Å². The number of hydrogen-bond donors (Lipinski definition) is 0. The highest BCUT2D eigenvalue weighted by Gasteiger charge is 2.35. The molecule has 0 amide bonds. The monoisotopic (exact) mass is 314 g/mol. The summed E-state index contributed by atoms with van der Waals surface area (Å²) in [5, 5.41) is 0. The van der Waals surface area contributed by atoms with Gasteiger partial charge in [0.15, 0.2) is 0 Å². The molecule has 0 N–H and O–H groups in total. The van der Waals surface area contributed by atoms with Crippen LogP contribution in [-0.4, -0.2) is 38.5 Å². The maximum atomic E-state index is 12.5. The van der Waals surface area contributed by atoms with Crippen LogP contribution in [0.5, 0.6) is 0 Å². The normalized spacial score (nSPS) is 28.4. The van der Waals surface area contributed by atoms with Gasteiger partial charge in [0.1, 0.15) is 0 Å². The average molecular weight is 314 g/mol. The van der Waals surface area contributed by atoms with E-state index in [0.29, 0.717) is 31.0 Å². The van der Waals surface area contributed by atoms with Gasteiger partial charge >= 0.3 is 5.97 Å². The second kappa shape index (κ2) is 9.51. The molecule has 0 bridgehead atoms. The quantitative estimate of drug-likeness (QED) is 0.641. The molecule has 1 saturated heterocycles. The van der Waals surface area contributed by atoms with Gasteiger partial charge in [-0.25, -0.2) is 0 Å². The summed E-state index contributed by atoms with van der Waals surface area (Å²) < 4.78 is 16.7. The lowest BCUT2D eigenvalue weighted by molar-refractivity contribution is -0.160. The summed E-state index contributed by atoms with van der Waals surface area (Å²) in [6, 6.07) is 0. The Balaban J connectivity index is 2.54. The molecule has 1 fully saturated rings. The minimum absolute atomic E-state index is 0.0126. The Hall–Kier alpha value is -0.610. The number of ether oxygens (including phenoxy) is 3. The summed E-state index contributed by atoms with van der Waals surface area (Å²) in [5.74, 6) is 1.05. The van der Waals surface area contributed by atoms with Crippen LogP contribution in [0.4, 0.5) is 0 Å². The predicted octanol–water partition coefficient (Wildman–Crippen LogP) is 3.68. The predicted molar refractivity (Wildman–Crippen MR) is 87.7 cm³/mol. The van der Waals surface area contributed by atoms with Crippen LogP contribution in [0.2, 0.25) is 0 Å². The number of esters is 1. The van der Waals surface area contributed by atoms with E-state index < -0.39 is 0 Å². The standard InChI is InChI=1S/C18H34O4/c1-7-15-10-21-14(5)9-17(15)18(19)22-11-16(12(2)3)8-13(4)20-6/h12-17H,7-11H2,1-6H3. The first-order chi connectivity index (χ1) is 10.4. The largest absolute Gasteiger partial charge is 0.465 e. The zero-order valence-corrected chi connectivity index (χ0v) is 15.1. The highest BCUT2D eigenvalue weighted by molar-refractivity contribution is 5.73. The summed E-state index contributed by atoms with van der Waals surface area (Å²) in [5.41, 5.74) is 0. The fourth-order valence-corrected chi connectivity index (χ4v) is 3.06. The van der Waals surface area contributed by atoms with Crippen LogP contribution in [0, 0.1) is 23.7 Å². The summed E-state index contributed by atoms with van der Waals surface area (Å²) in [6.45, 7) is 11.7. The molecule has 0 saturated carbocycles. The molecule has 0 aromatic rings. The third-order valence-electron chi connectivity index (χ3n) is 5.00. The second-order valence-electron chi connectivity index (χ2n) is 7.07. The van der Waals surface area contributed by atoms with Crippen molar-refractivity contribution in [2.45, 2.75) is 66.1 Å². The highest BCUT2D eigenvalue weighted by atomic mass is 16.5. The molecular weight excluding hydrogens is 280 g/mol. The van der Waals surface area contributed by atoms with Gasteiger partial charge in [-0.1, -0.05) is 27.2 Å². The van der Waals surface area contributed by atoms with Gasteiger partial charge in [-0.2, -0.15) is 0 Å². The van der Waals surface area contributed by atoms with Crippen LogP contribution in [-0.2, 0) is 19.0 Å². The van der Waals surface area contributed by atoms with Gasteiger partial charge in [0.25, 0.3) is 0 Å². The Morgan fingerprint density at radius 2 is 2.00 bits per heavy atom. The van der Waals surface area contributed by atoms with E-state index >= 15 is 0 Å². The molecule has 5 unspecified atom stereocenters. The minimum atomic E-state index is -0.0438. The molecule has 22 heavy (non-hydrogen) atoms. The van der Waals surface area contributed by atoms with Gasteiger partial charge in [-0.15, -0.1) is 0 Å². The lowest BCUT2D eigenvalue weighted by Gasteiger charge is -2.33. The van der Waals surface area contributed by atoms with E-state index in [-0.39, 0.29) is 24.1 Å². The van der Waals surface area contributed by atoms with E-state index in [2.05, 4.69) is 27.7 Å². The molecule has 0 aromatic carbocycles. The summed E-state index contributed by atoms with van der Waals surface area (Å²) in [7, 11) is 1.73. The van der Waals surface area contributed by atoms with Gasteiger partial charge in [0.2, 0.25) is 0 Å². The summed E-state index contributed by atoms with van der Waals surface area (Å²) >= 11 is 0. The molecule has 1 aliphatic rings. The van der Waals surface area contributed by atoms with Crippen molar-refractivity contribution >= 4 is 5.97 Å².